The van der Waals surface area contributed by atoms with Crippen molar-refractivity contribution in [3.63, 3.8) is 0 Å². The van der Waals surface area contributed by atoms with E-state index in [9.17, 15) is 4.79 Å². The molecule has 56 valence electrons. The molecule has 0 aromatic rings. The Bertz CT molecular complexity index is 170. The van der Waals surface area contributed by atoms with Crippen molar-refractivity contribution in [1.82, 2.24) is 10.6 Å². The average molecular weight is 140 g/mol. The molecule has 1 unspecified atom stereocenters. The molecule has 0 spiro atoms. The first kappa shape index (κ1) is 7.28. The maximum absolute atomic E-state index is 11.0. The van der Waals surface area contributed by atoms with Crippen molar-refractivity contribution in [1.29, 1.82) is 0 Å². The van der Waals surface area contributed by atoms with Gasteiger partial charge in [0.05, 0.1) is 6.17 Å². The third-order valence-electron chi connectivity index (χ3n) is 1.50. The number of rotatable bonds is 2. The smallest absolute Gasteiger partial charge is 0.247 e. The zero-order valence-electron chi connectivity index (χ0n) is 6.27. The lowest BCUT2D eigenvalue weighted by atomic mass is 10.3. The van der Waals surface area contributed by atoms with E-state index in [4.69, 9.17) is 0 Å². The quantitative estimate of drug-likeness (QED) is 0.419. The number of amides is 1. The Kier molecular flexibility index (Phi) is 2.06. The van der Waals surface area contributed by atoms with Crippen molar-refractivity contribution in [3.8, 4) is 0 Å². The van der Waals surface area contributed by atoms with E-state index in [1.165, 1.54) is 0 Å². The Labute approximate surface area is 60.5 Å². The Morgan fingerprint density at radius 3 is 2.80 bits per heavy atom. The summed E-state index contributed by atoms with van der Waals surface area (Å²) in [6.45, 7) is 4.57. The monoisotopic (exact) mass is 140 g/mol. The van der Waals surface area contributed by atoms with E-state index in [1.807, 2.05) is 6.92 Å². The molecule has 1 amide bonds. The van der Waals surface area contributed by atoms with Gasteiger partial charge >= 0.3 is 0 Å². The molecule has 1 fully saturated rings. The number of hydrogen-bond donors (Lipinski definition) is 2. The van der Waals surface area contributed by atoms with Crippen LogP contribution in [0, 0.1) is 0 Å². The highest BCUT2D eigenvalue weighted by Crippen LogP contribution is 1.96. The summed E-state index contributed by atoms with van der Waals surface area (Å²) in [6.07, 6.45) is 2.03. The maximum Gasteiger partial charge on any atom is 0.247 e. The summed E-state index contributed by atoms with van der Waals surface area (Å²) >= 11 is 0. The molecular formula is C7H12N2O. The molecule has 1 saturated heterocycles. The van der Waals surface area contributed by atoms with Crippen molar-refractivity contribution in [3.05, 3.63) is 11.6 Å². The summed E-state index contributed by atoms with van der Waals surface area (Å²) in [7, 11) is 0. The van der Waals surface area contributed by atoms with Crippen LogP contribution in [0.2, 0.25) is 0 Å². The summed E-state index contributed by atoms with van der Waals surface area (Å²) in [4.78, 5) is 11.0. The van der Waals surface area contributed by atoms with E-state index in [0.717, 1.165) is 12.1 Å². The SMILES string of the molecule is CC=C(C)C(=O)NC1CN1. The molecule has 0 saturated carbocycles. The maximum atomic E-state index is 11.0. The molecule has 1 rings (SSSR count). The minimum Gasteiger partial charge on any atom is -0.336 e. The van der Waals surface area contributed by atoms with Gasteiger partial charge in [0.25, 0.3) is 0 Å². The fourth-order valence-corrected chi connectivity index (χ4v) is 0.564. The second-order valence-electron chi connectivity index (χ2n) is 2.41. The minimum atomic E-state index is 0.0255. The van der Waals surface area contributed by atoms with E-state index >= 15 is 0 Å². The number of carbonyl (C=O) groups is 1. The van der Waals surface area contributed by atoms with Gasteiger partial charge in [-0.3, -0.25) is 10.1 Å². The average Bonchev–Trinajstić information content (AvgIpc) is 2.70. The predicted molar refractivity (Wildman–Crippen MR) is 39.4 cm³/mol. The van der Waals surface area contributed by atoms with Crippen molar-refractivity contribution in [2.75, 3.05) is 6.54 Å². The Morgan fingerprint density at radius 2 is 2.40 bits per heavy atom. The topological polar surface area (TPSA) is 51.0 Å². The number of allylic oxidation sites excluding steroid dienone is 1. The van der Waals surface area contributed by atoms with Gasteiger partial charge < -0.3 is 5.32 Å². The van der Waals surface area contributed by atoms with Crippen molar-refractivity contribution in [2.45, 2.75) is 20.0 Å². The van der Waals surface area contributed by atoms with Crippen molar-refractivity contribution < 1.29 is 4.79 Å². The molecule has 0 aromatic heterocycles. The predicted octanol–water partition coefficient (Wildman–Crippen LogP) is -0.00190. The first-order valence-electron chi connectivity index (χ1n) is 3.41. The van der Waals surface area contributed by atoms with Crippen LogP contribution < -0.4 is 10.6 Å². The van der Waals surface area contributed by atoms with E-state index < -0.39 is 0 Å². The van der Waals surface area contributed by atoms with E-state index in [0.29, 0.717) is 0 Å². The molecule has 0 aliphatic carbocycles. The van der Waals surface area contributed by atoms with Gasteiger partial charge in [0.2, 0.25) is 5.91 Å². The van der Waals surface area contributed by atoms with Gasteiger partial charge in [-0.15, -0.1) is 0 Å². The third kappa shape index (κ3) is 1.84. The van der Waals surface area contributed by atoms with Crippen LogP contribution in [0.1, 0.15) is 13.8 Å². The summed E-state index contributed by atoms with van der Waals surface area (Å²) in [6, 6.07) is 0. The second kappa shape index (κ2) is 2.84. The highest BCUT2D eigenvalue weighted by molar-refractivity contribution is 5.93. The molecule has 0 aromatic carbocycles. The van der Waals surface area contributed by atoms with Gasteiger partial charge in [-0.2, -0.15) is 0 Å². The molecule has 1 aliphatic rings. The van der Waals surface area contributed by atoms with Crippen LogP contribution in [0.3, 0.4) is 0 Å². The minimum absolute atomic E-state index is 0.0255. The standard InChI is InChI=1S/C7H12N2O/c1-3-5(2)7(10)9-6-4-8-6/h3,6,8H,4H2,1-2H3,(H,9,10). The van der Waals surface area contributed by atoms with Gasteiger partial charge in [0, 0.05) is 12.1 Å². The number of hydrogen-bond acceptors (Lipinski definition) is 2. The highest BCUT2D eigenvalue weighted by Gasteiger charge is 2.21. The van der Waals surface area contributed by atoms with Gasteiger partial charge in [-0.05, 0) is 13.8 Å². The summed E-state index contributed by atoms with van der Waals surface area (Å²) in [5.74, 6) is 0.0255. The second-order valence-corrected chi connectivity index (χ2v) is 2.41. The molecular weight excluding hydrogens is 128 g/mol. The van der Waals surface area contributed by atoms with Crippen molar-refractivity contribution in [2.24, 2.45) is 0 Å². The molecule has 1 atom stereocenters. The van der Waals surface area contributed by atoms with Crippen LogP contribution in [0.15, 0.2) is 11.6 Å². The van der Waals surface area contributed by atoms with Crippen LogP contribution >= 0.6 is 0 Å². The summed E-state index contributed by atoms with van der Waals surface area (Å²) < 4.78 is 0. The molecule has 3 heteroatoms. The van der Waals surface area contributed by atoms with E-state index in [-0.39, 0.29) is 12.1 Å². The molecule has 3 nitrogen and oxygen atoms in total. The molecule has 0 radical (unpaired) electrons. The van der Waals surface area contributed by atoms with Crippen LogP contribution in [0.4, 0.5) is 0 Å². The fourth-order valence-electron chi connectivity index (χ4n) is 0.564. The highest BCUT2D eigenvalue weighted by atomic mass is 16.2. The zero-order chi connectivity index (χ0) is 7.56. The lowest BCUT2D eigenvalue weighted by molar-refractivity contribution is -0.117. The molecule has 2 N–H and O–H groups in total. The first-order chi connectivity index (χ1) is 4.74. The molecule has 10 heavy (non-hydrogen) atoms. The number of carbonyl (C=O) groups excluding carboxylic acids is 1. The Morgan fingerprint density at radius 1 is 1.80 bits per heavy atom. The zero-order valence-corrected chi connectivity index (χ0v) is 6.27. The van der Waals surface area contributed by atoms with Crippen LogP contribution in [0.5, 0.6) is 0 Å². The molecule has 0 bridgehead atoms. The van der Waals surface area contributed by atoms with E-state index in [2.05, 4.69) is 10.6 Å². The molecule has 1 aliphatic heterocycles. The van der Waals surface area contributed by atoms with E-state index in [1.54, 1.807) is 13.0 Å². The first-order valence-corrected chi connectivity index (χ1v) is 3.41. The lowest BCUT2D eigenvalue weighted by Gasteiger charge is -1.99. The van der Waals surface area contributed by atoms with Gasteiger partial charge in [0.15, 0.2) is 0 Å². The lowest BCUT2D eigenvalue weighted by Crippen LogP contribution is -2.28. The van der Waals surface area contributed by atoms with Crippen LogP contribution in [-0.4, -0.2) is 18.6 Å². The Hall–Kier alpha value is -0.830. The largest absolute Gasteiger partial charge is 0.336 e. The van der Waals surface area contributed by atoms with Gasteiger partial charge in [-0.1, -0.05) is 6.08 Å². The van der Waals surface area contributed by atoms with Crippen LogP contribution in [0.25, 0.3) is 0 Å². The van der Waals surface area contributed by atoms with Gasteiger partial charge in [0.1, 0.15) is 0 Å². The molecule has 1 heterocycles. The fraction of sp³-hybridized carbons (Fsp3) is 0.571. The van der Waals surface area contributed by atoms with Crippen molar-refractivity contribution >= 4 is 5.91 Å². The summed E-state index contributed by atoms with van der Waals surface area (Å²) in [5, 5.41) is 5.77. The summed E-state index contributed by atoms with van der Waals surface area (Å²) in [5.41, 5.74) is 0.772. The number of nitrogens with one attached hydrogen (secondary N) is 2. The third-order valence-corrected chi connectivity index (χ3v) is 1.50. The van der Waals surface area contributed by atoms with Crippen LogP contribution in [-0.2, 0) is 4.79 Å². The Balaban J connectivity index is 2.32. The van der Waals surface area contributed by atoms with Gasteiger partial charge in [-0.25, -0.2) is 0 Å². The normalized spacial score (nSPS) is 24.2.